The molecule has 2 heterocycles. The van der Waals surface area contributed by atoms with Crippen molar-refractivity contribution >= 4 is 40.7 Å². The maximum atomic E-state index is 11.9. The van der Waals surface area contributed by atoms with Gasteiger partial charge in [0.15, 0.2) is 10.8 Å². The Morgan fingerprint density at radius 2 is 2.19 bits per heavy atom. The molecule has 0 saturated carbocycles. The molecule has 0 aromatic heterocycles. The number of anilines is 1. The highest BCUT2D eigenvalue weighted by molar-refractivity contribution is 7.98. The number of hydrogen-bond donors (Lipinski definition) is 1. The minimum absolute atomic E-state index is 0.0177. The number of methoxy groups -OCH3 is 1. The van der Waals surface area contributed by atoms with E-state index in [0.717, 1.165) is 17.0 Å². The van der Waals surface area contributed by atoms with Crippen molar-refractivity contribution in [2.24, 2.45) is 0 Å². The highest BCUT2D eigenvalue weighted by atomic mass is 32.2. The Labute approximate surface area is 168 Å². The van der Waals surface area contributed by atoms with Crippen molar-refractivity contribution in [1.29, 1.82) is 0 Å². The number of carbonyl (C=O) groups excluding carboxylic acids is 1. The molecule has 0 unspecified atom stereocenters. The summed E-state index contributed by atoms with van der Waals surface area (Å²) in [6, 6.07) is 13.6. The first kappa shape index (κ1) is 18.1. The summed E-state index contributed by atoms with van der Waals surface area (Å²) in [6.07, 6.45) is 2.75. The Balaban J connectivity index is 1.75. The lowest BCUT2D eigenvalue weighted by molar-refractivity contribution is 0.0494. The number of thiocarbonyl (C=S) groups is 1. The molecule has 140 valence electrons. The third kappa shape index (κ3) is 3.04. The van der Waals surface area contributed by atoms with Gasteiger partial charge >= 0.3 is 5.97 Å². The van der Waals surface area contributed by atoms with E-state index < -0.39 is 5.72 Å². The molecule has 2 aromatic carbocycles. The lowest BCUT2D eigenvalue weighted by Gasteiger charge is -2.52. The first-order chi connectivity index (χ1) is 12.9. The number of thioether (sulfide) groups is 1. The van der Waals surface area contributed by atoms with E-state index in [1.165, 1.54) is 12.0 Å². The molecule has 2 aliphatic rings. The summed E-state index contributed by atoms with van der Waals surface area (Å²) >= 11 is 7.38. The molecule has 0 radical (unpaired) electrons. The zero-order valence-electron chi connectivity index (χ0n) is 15.3. The predicted molar refractivity (Wildman–Crippen MR) is 111 cm³/mol. The van der Waals surface area contributed by atoms with Crippen LogP contribution in [0, 0.1) is 0 Å². The molecular weight excluding hydrogens is 380 g/mol. The Morgan fingerprint density at radius 1 is 1.37 bits per heavy atom. The third-order valence-corrected chi connectivity index (χ3v) is 6.03. The number of ether oxygens (including phenoxy) is 2. The van der Waals surface area contributed by atoms with Crippen molar-refractivity contribution in [2.75, 3.05) is 18.3 Å². The fourth-order valence-corrected chi connectivity index (χ4v) is 4.65. The van der Waals surface area contributed by atoms with E-state index in [1.807, 2.05) is 29.2 Å². The minimum Gasteiger partial charge on any atom is -0.467 e. The number of rotatable bonds is 3. The van der Waals surface area contributed by atoms with E-state index in [9.17, 15) is 4.79 Å². The van der Waals surface area contributed by atoms with E-state index in [4.69, 9.17) is 21.7 Å². The van der Waals surface area contributed by atoms with Gasteiger partial charge in [-0.25, -0.2) is 4.79 Å². The molecule has 2 aromatic rings. The van der Waals surface area contributed by atoms with Crippen LogP contribution in [0.15, 0.2) is 47.4 Å². The van der Waals surface area contributed by atoms with Crippen LogP contribution in [-0.2, 0) is 4.74 Å². The SMILES string of the molecule is COC(=O)c1ccc2c(c1)[C@H]1C[C@@](C)(O2)N(c2cccc(SC)c2)C(=S)N1. The van der Waals surface area contributed by atoms with Gasteiger partial charge < -0.3 is 14.8 Å². The van der Waals surface area contributed by atoms with Crippen LogP contribution < -0.4 is 15.0 Å². The molecule has 2 bridgehead atoms. The maximum absolute atomic E-state index is 11.9. The van der Waals surface area contributed by atoms with Gasteiger partial charge in [0.25, 0.3) is 0 Å². The summed E-state index contributed by atoms with van der Waals surface area (Å²) in [4.78, 5) is 15.1. The van der Waals surface area contributed by atoms with Crippen molar-refractivity contribution in [3.63, 3.8) is 0 Å². The first-order valence-corrected chi connectivity index (χ1v) is 10.2. The number of nitrogens with zero attached hydrogens (tertiary/aromatic N) is 1. The Kier molecular flexibility index (Phi) is 4.52. The Hall–Kier alpha value is -2.25. The van der Waals surface area contributed by atoms with E-state index in [2.05, 4.69) is 30.6 Å². The molecule has 5 nitrogen and oxygen atoms in total. The van der Waals surface area contributed by atoms with Gasteiger partial charge in [0.2, 0.25) is 0 Å². The van der Waals surface area contributed by atoms with Gasteiger partial charge in [0.1, 0.15) is 5.75 Å². The zero-order valence-corrected chi connectivity index (χ0v) is 16.9. The molecule has 1 N–H and O–H groups in total. The summed E-state index contributed by atoms with van der Waals surface area (Å²) in [5, 5.41) is 4.03. The van der Waals surface area contributed by atoms with E-state index in [1.54, 1.807) is 17.8 Å². The second-order valence-electron chi connectivity index (χ2n) is 6.76. The van der Waals surface area contributed by atoms with Crippen LogP contribution >= 0.6 is 24.0 Å². The topological polar surface area (TPSA) is 50.8 Å². The Morgan fingerprint density at radius 3 is 2.93 bits per heavy atom. The second-order valence-corrected chi connectivity index (χ2v) is 8.03. The highest BCUT2D eigenvalue weighted by Crippen LogP contribution is 2.46. The largest absolute Gasteiger partial charge is 0.467 e. The van der Waals surface area contributed by atoms with Crippen LogP contribution in [0.5, 0.6) is 5.75 Å². The highest BCUT2D eigenvalue weighted by Gasteiger charge is 2.48. The van der Waals surface area contributed by atoms with Crippen LogP contribution in [0.4, 0.5) is 5.69 Å². The quantitative estimate of drug-likeness (QED) is 0.472. The fraction of sp³-hybridized carbons (Fsp3) is 0.300. The summed E-state index contributed by atoms with van der Waals surface area (Å²) in [5.41, 5.74) is 1.82. The first-order valence-electron chi connectivity index (χ1n) is 8.61. The van der Waals surface area contributed by atoms with Crippen molar-refractivity contribution < 1.29 is 14.3 Å². The number of esters is 1. The third-order valence-electron chi connectivity index (χ3n) is 5.00. The van der Waals surface area contributed by atoms with Crippen molar-refractivity contribution in [3.8, 4) is 5.75 Å². The van der Waals surface area contributed by atoms with Gasteiger partial charge in [-0.2, -0.15) is 0 Å². The van der Waals surface area contributed by atoms with Crippen LogP contribution in [0.25, 0.3) is 0 Å². The number of hydrogen-bond acceptors (Lipinski definition) is 5. The standard InChI is InChI=1S/C20H20N2O3S2/c1-20-11-16(15-9-12(18(23)24-2)7-8-17(15)25-20)21-19(26)22(20)13-5-4-6-14(10-13)27-3/h4-10,16H,11H2,1-3H3,(H,21,26)/t16-,20-/m1/s1. The van der Waals surface area contributed by atoms with E-state index in [0.29, 0.717) is 17.1 Å². The average Bonchev–Trinajstić information content (AvgIpc) is 2.66. The van der Waals surface area contributed by atoms with Crippen LogP contribution in [0.1, 0.15) is 35.3 Å². The zero-order chi connectivity index (χ0) is 19.2. The molecule has 0 spiro atoms. The van der Waals surface area contributed by atoms with Gasteiger partial charge in [0.05, 0.1) is 18.7 Å². The van der Waals surface area contributed by atoms with Crippen LogP contribution in [-0.4, -0.2) is 30.2 Å². The van der Waals surface area contributed by atoms with E-state index in [-0.39, 0.29) is 12.0 Å². The predicted octanol–water partition coefficient (Wildman–Crippen LogP) is 4.13. The van der Waals surface area contributed by atoms with Crippen LogP contribution in [0.2, 0.25) is 0 Å². The molecule has 7 heteroatoms. The number of benzene rings is 2. The molecule has 27 heavy (non-hydrogen) atoms. The lowest BCUT2D eigenvalue weighted by Crippen LogP contribution is -2.65. The summed E-state index contributed by atoms with van der Waals surface area (Å²) in [5.74, 6) is 0.391. The molecular formula is C20H20N2O3S2. The normalized spacial score (nSPS) is 23.1. The Bertz CT molecular complexity index is 933. The van der Waals surface area contributed by atoms with Gasteiger partial charge in [0, 0.05) is 22.6 Å². The second kappa shape index (κ2) is 6.73. The summed E-state index contributed by atoms with van der Waals surface area (Å²) in [6.45, 7) is 2.05. The molecule has 4 rings (SSSR count). The number of fused-ring (bicyclic) bond motifs is 4. The summed E-state index contributed by atoms with van der Waals surface area (Å²) < 4.78 is 11.2. The number of carbonyl (C=O) groups is 1. The maximum Gasteiger partial charge on any atom is 0.337 e. The molecule has 1 saturated heterocycles. The molecule has 2 atom stereocenters. The smallest absolute Gasteiger partial charge is 0.337 e. The van der Waals surface area contributed by atoms with Crippen molar-refractivity contribution in [1.82, 2.24) is 5.32 Å². The lowest BCUT2D eigenvalue weighted by atomic mass is 9.89. The molecule has 0 aliphatic carbocycles. The van der Waals surface area contributed by atoms with Crippen LogP contribution in [0.3, 0.4) is 0 Å². The van der Waals surface area contributed by atoms with E-state index >= 15 is 0 Å². The van der Waals surface area contributed by atoms with Crippen molar-refractivity contribution in [3.05, 3.63) is 53.6 Å². The fourth-order valence-electron chi connectivity index (χ4n) is 3.76. The van der Waals surface area contributed by atoms with Gasteiger partial charge in [-0.1, -0.05) is 6.07 Å². The van der Waals surface area contributed by atoms with Gasteiger partial charge in [-0.15, -0.1) is 11.8 Å². The molecule has 2 aliphatic heterocycles. The van der Waals surface area contributed by atoms with Gasteiger partial charge in [-0.3, -0.25) is 4.90 Å². The monoisotopic (exact) mass is 400 g/mol. The summed E-state index contributed by atoms with van der Waals surface area (Å²) in [7, 11) is 1.38. The number of nitrogens with one attached hydrogen (secondary N) is 1. The minimum atomic E-state index is -0.607. The molecule has 0 amide bonds. The van der Waals surface area contributed by atoms with Crippen molar-refractivity contribution in [2.45, 2.75) is 30.0 Å². The average molecular weight is 401 g/mol. The van der Waals surface area contributed by atoms with Gasteiger partial charge in [-0.05, 0) is 61.8 Å². The molecule has 1 fully saturated rings.